The molecule has 0 saturated carbocycles. The zero-order valence-corrected chi connectivity index (χ0v) is 11.1. The number of nitrogens with two attached hydrogens (primary N) is 2. The van der Waals surface area contributed by atoms with Gasteiger partial charge in [0.2, 0.25) is 17.8 Å². The maximum absolute atomic E-state index is 11.1. The molecule has 10 heteroatoms. The molecule has 4 N–H and O–H groups in total. The lowest BCUT2D eigenvalue weighted by atomic mass is 10.3. The number of carbonyl (C=O) groups is 1. The molecule has 2 aromatic rings. The van der Waals surface area contributed by atoms with E-state index in [1.54, 1.807) is 4.90 Å². The van der Waals surface area contributed by atoms with Crippen LogP contribution in [0.5, 0.6) is 0 Å². The van der Waals surface area contributed by atoms with Gasteiger partial charge in [-0.15, -0.1) is 0 Å². The van der Waals surface area contributed by atoms with Crippen LogP contribution in [0.4, 0.5) is 11.9 Å². The summed E-state index contributed by atoms with van der Waals surface area (Å²) in [5.41, 5.74) is 10.9. The second kappa shape index (κ2) is 5.47. The summed E-state index contributed by atoms with van der Waals surface area (Å²) in [6.07, 6.45) is 2.79. The zero-order valence-electron chi connectivity index (χ0n) is 11.1. The third kappa shape index (κ3) is 2.96. The molecule has 0 aromatic carbocycles. The Labute approximate surface area is 114 Å². The summed E-state index contributed by atoms with van der Waals surface area (Å²) in [6.45, 7) is 3.76. The number of aromatic nitrogens is 6. The maximum atomic E-state index is 11.1. The van der Waals surface area contributed by atoms with Crippen LogP contribution in [0.15, 0.2) is 12.7 Å². The van der Waals surface area contributed by atoms with E-state index in [4.69, 9.17) is 11.5 Å². The molecule has 1 amide bonds. The van der Waals surface area contributed by atoms with Crippen molar-refractivity contribution in [3.63, 3.8) is 0 Å². The molecule has 0 atom stereocenters. The Morgan fingerprint density at radius 3 is 2.70 bits per heavy atom. The molecule has 2 heterocycles. The van der Waals surface area contributed by atoms with Crippen LogP contribution in [-0.4, -0.2) is 48.2 Å². The highest BCUT2D eigenvalue weighted by Gasteiger charge is 2.18. The van der Waals surface area contributed by atoms with Crippen LogP contribution in [0, 0.1) is 0 Å². The van der Waals surface area contributed by atoms with Crippen molar-refractivity contribution in [1.29, 1.82) is 0 Å². The van der Waals surface area contributed by atoms with Crippen LogP contribution in [0.2, 0.25) is 0 Å². The van der Waals surface area contributed by atoms with Crippen molar-refractivity contribution in [2.24, 2.45) is 5.73 Å². The smallest absolute Gasteiger partial charge is 0.258 e. The molecular formula is C10H15N9O. The number of hydrogen-bond acceptors (Lipinski definition) is 8. The van der Waals surface area contributed by atoms with Crippen molar-refractivity contribution in [3.8, 4) is 5.95 Å². The number of carbonyl (C=O) groups excluding carboxylic acids is 1. The van der Waals surface area contributed by atoms with Crippen molar-refractivity contribution in [1.82, 2.24) is 29.7 Å². The van der Waals surface area contributed by atoms with Crippen LogP contribution in [0.25, 0.3) is 5.95 Å². The molecule has 106 valence electrons. The Kier molecular flexibility index (Phi) is 3.73. The van der Waals surface area contributed by atoms with E-state index in [2.05, 4.69) is 25.0 Å². The predicted molar refractivity (Wildman–Crippen MR) is 70.8 cm³/mol. The maximum Gasteiger partial charge on any atom is 0.258 e. The predicted octanol–water partition coefficient (Wildman–Crippen LogP) is -1.27. The van der Waals surface area contributed by atoms with Crippen LogP contribution in [-0.2, 0) is 4.79 Å². The summed E-state index contributed by atoms with van der Waals surface area (Å²) in [5.74, 6) is 0.0209. The zero-order chi connectivity index (χ0) is 14.7. The minimum Gasteiger partial charge on any atom is -0.368 e. The van der Waals surface area contributed by atoms with Gasteiger partial charge in [-0.2, -0.15) is 24.7 Å². The van der Waals surface area contributed by atoms with Crippen molar-refractivity contribution >= 4 is 17.8 Å². The highest BCUT2D eigenvalue weighted by Crippen LogP contribution is 2.13. The van der Waals surface area contributed by atoms with Gasteiger partial charge in [-0.3, -0.25) is 4.79 Å². The van der Waals surface area contributed by atoms with E-state index in [1.807, 2.05) is 13.8 Å². The molecule has 0 aliphatic rings. The van der Waals surface area contributed by atoms with Gasteiger partial charge in [0.25, 0.3) is 5.95 Å². The highest BCUT2D eigenvalue weighted by atomic mass is 16.1. The summed E-state index contributed by atoms with van der Waals surface area (Å²) in [5, 5.41) is 3.92. The van der Waals surface area contributed by atoms with Crippen LogP contribution in [0.3, 0.4) is 0 Å². The first kappa shape index (κ1) is 13.6. The summed E-state index contributed by atoms with van der Waals surface area (Å²) in [6, 6.07) is -0.0344. The number of anilines is 2. The van der Waals surface area contributed by atoms with Gasteiger partial charge < -0.3 is 16.4 Å². The number of amides is 1. The fourth-order valence-electron chi connectivity index (χ4n) is 1.56. The first-order valence-electron chi connectivity index (χ1n) is 5.89. The SMILES string of the molecule is CC(C)N(CC(N)=O)c1nc(N)nc(-n2cncn2)n1. The van der Waals surface area contributed by atoms with Crippen LogP contribution in [0.1, 0.15) is 13.8 Å². The molecule has 0 aliphatic carbocycles. The topological polar surface area (TPSA) is 142 Å². The number of nitrogens with zero attached hydrogens (tertiary/aromatic N) is 7. The van der Waals surface area contributed by atoms with Crippen molar-refractivity contribution in [2.75, 3.05) is 17.2 Å². The molecule has 2 rings (SSSR count). The largest absolute Gasteiger partial charge is 0.368 e. The van der Waals surface area contributed by atoms with E-state index >= 15 is 0 Å². The van der Waals surface area contributed by atoms with E-state index in [0.29, 0.717) is 0 Å². The van der Waals surface area contributed by atoms with Crippen molar-refractivity contribution in [2.45, 2.75) is 19.9 Å². The van der Waals surface area contributed by atoms with Gasteiger partial charge in [0.15, 0.2) is 0 Å². The van der Waals surface area contributed by atoms with Gasteiger partial charge in [0.1, 0.15) is 12.7 Å². The summed E-state index contributed by atoms with van der Waals surface area (Å²) < 4.78 is 1.35. The minimum absolute atomic E-state index is 0.0160. The lowest BCUT2D eigenvalue weighted by molar-refractivity contribution is -0.116. The molecule has 0 aliphatic heterocycles. The highest BCUT2D eigenvalue weighted by molar-refractivity contribution is 5.79. The van der Waals surface area contributed by atoms with Gasteiger partial charge >= 0.3 is 0 Å². The Morgan fingerprint density at radius 2 is 2.15 bits per heavy atom. The fraction of sp³-hybridized carbons (Fsp3) is 0.400. The molecule has 0 unspecified atom stereocenters. The number of nitrogen functional groups attached to an aromatic ring is 1. The quantitative estimate of drug-likeness (QED) is 0.689. The third-order valence-corrected chi connectivity index (χ3v) is 2.46. The molecule has 2 aromatic heterocycles. The first-order valence-corrected chi connectivity index (χ1v) is 5.89. The molecule has 0 spiro atoms. The van der Waals surface area contributed by atoms with E-state index in [1.165, 1.54) is 17.3 Å². The molecular weight excluding hydrogens is 262 g/mol. The second-order valence-corrected chi connectivity index (χ2v) is 4.32. The van der Waals surface area contributed by atoms with Gasteiger partial charge in [0, 0.05) is 6.04 Å². The van der Waals surface area contributed by atoms with Crippen LogP contribution < -0.4 is 16.4 Å². The Morgan fingerprint density at radius 1 is 1.40 bits per heavy atom. The number of primary amides is 1. The number of rotatable bonds is 5. The van der Waals surface area contributed by atoms with Crippen molar-refractivity contribution in [3.05, 3.63) is 12.7 Å². The van der Waals surface area contributed by atoms with E-state index in [9.17, 15) is 4.79 Å². The van der Waals surface area contributed by atoms with Gasteiger partial charge in [-0.1, -0.05) is 0 Å². The van der Waals surface area contributed by atoms with Gasteiger partial charge in [0.05, 0.1) is 6.54 Å². The normalized spacial score (nSPS) is 10.8. The van der Waals surface area contributed by atoms with E-state index < -0.39 is 5.91 Å². The summed E-state index contributed by atoms with van der Waals surface area (Å²) in [4.78, 5) is 28.8. The van der Waals surface area contributed by atoms with Crippen molar-refractivity contribution < 1.29 is 4.79 Å². The average Bonchev–Trinajstić information content (AvgIpc) is 2.88. The Balaban J connectivity index is 2.42. The minimum atomic E-state index is -0.486. The second-order valence-electron chi connectivity index (χ2n) is 4.32. The third-order valence-electron chi connectivity index (χ3n) is 2.46. The molecule has 0 radical (unpaired) electrons. The molecule has 0 bridgehead atoms. The summed E-state index contributed by atoms with van der Waals surface area (Å²) in [7, 11) is 0. The average molecular weight is 277 g/mol. The fourth-order valence-corrected chi connectivity index (χ4v) is 1.56. The molecule has 0 saturated heterocycles. The lowest BCUT2D eigenvalue weighted by Gasteiger charge is -2.25. The molecule has 10 nitrogen and oxygen atoms in total. The molecule has 0 fully saturated rings. The Bertz CT molecular complexity index is 595. The lowest BCUT2D eigenvalue weighted by Crippen LogP contribution is -2.40. The van der Waals surface area contributed by atoms with Gasteiger partial charge in [-0.25, -0.2) is 4.98 Å². The standard InChI is InChI=1S/C10H15N9O/c1-6(2)18(3-7(11)20)9-15-8(12)16-10(17-9)19-5-13-4-14-19/h4-6H,3H2,1-2H3,(H2,11,20)(H2,12,15,16,17). The monoisotopic (exact) mass is 277 g/mol. The van der Waals surface area contributed by atoms with Crippen LogP contribution >= 0.6 is 0 Å². The number of hydrogen-bond donors (Lipinski definition) is 2. The van der Waals surface area contributed by atoms with E-state index in [-0.39, 0.29) is 30.4 Å². The van der Waals surface area contributed by atoms with Gasteiger partial charge in [-0.05, 0) is 13.8 Å². The molecule has 20 heavy (non-hydrogen) atoms. The first-order chi connectivity index (χ1) is 9.47. The summed E-state index contributed by atoms with van der Waals surface area (Å²) >= 11 is 0. The van der Waals surface area contributed by atoms with E-state index in [0.717, 1.165) is 0 Å². The Hall–Kier alpha value is -2.78.